The number of carbonyl (C=O) groups excluding carboxylic acids is 1. The molecule has 1 aliphatic rings. The van der Waals surface area contributed by atoms with Crippen LogP contribution in [-0.4, -0.2) is 11.1 Å². The number of nitrogens with zero attached hydrogens (tertiary/aromatic N) is 1. The molecule has 162 valence electrons. The van der Waals surface area contributed by atoms with Crippen LogP contribution in [0.2, 0.25) is 10.0 Å². The SMILES string of the molecule is O=C1NC(=Nc2cccc(Cl)c2Cl)S/C1=C\c1cc(Br)c(OCc2ccccc2)c(I)c1. The van der Waals surface area contributed by atoms with Crippen LogP contribution < -0.4 is 10.1 Å². The Morgan fingerprint density at radius 3 is 2.66 bits per heavy atom. The second kappa shape index (κ2) is 10.6. The number of rotatable bonds is 5. The molecule has 1 heterocycles. The lowest BCUT2D eigenvalue weighted by Gasteiger charge is -2.11. The quantitative estimate of drug-likeness (QED) is 0.224. The molecule has 1 aliphatic heterocycles. The molecule has 0 aromatic heterocycles. The van der Waals surface area contributed by atoms with Gasteiger partial charge in [0.15, 0.2) is 5.17 Å². The summed E-state index contributed by atoms with van der Waals surface area (Å²) in [6, 6.07) is 19.1. The largest absolute Gasteiger partial charge is 0.487 e. The molecule has 0 spiro atoms. The molecule has 0 bridgehead atoms. The van der Waals surface area contributed by atoms with Gasteiger partial charge in [0.25, 0.3) is 5.91 Å². The number of ether oxygens (including phenoxy) is 1. The highest BCUT2D eigenvalue weighted by Crippen LogP contribution is 2.36. The number of halogens is 4. The van der Waals surface area contributed by atoms with E-state index < -0.39 is 0 Å². The third-order valence-corrected chi connectivity index (χ3v) is 7.46. The molecule has 1 amide bonds. The van der Waals surface area contributed by atoms with E-state index in [1.165, 1.54) is 11.8 Å². The Morgan fingerprint density at radius 2 is 1.91 bits per heavy atom. The van der Waals surface area contributed by atoms with Crippen molar-refractivity contribution in [1.29, 1.82) is 0 Å². The van der Waals surface area contributed by atoms with Crippen molar-refractivity contribution in [3.63, 3.8) is 0 Å². The number of thioether (sulfide) groups is 1. The van der Waals surface area contributed by atoms with Crippen LogP contribution in [0.5, 0.6) is 5.75 Å². The minimum Gasteiger partial charge on any atom is -0.487 e. The van der Waals surface area contributed by atoms with Gasteiger partial charge in [-0.2, -0.15) is 0 Å². The number of amides is 1. The number of amidine groups is 1. The van der Waals surface area contributed by atoms with Gasteiger partial charge in [-0.15, -0.1) is 0 Å². The van der Waals surface area contributed by atoms with Gasteiger partial charge in [-0.25, -0.2) is 4.99 Å². The summed E-state index contributed by atoms with van der Waals surface area (Å²) in [6.07, 6.45) is 1.82. The average molecular weight is 660 g/mol. The highest BCUT2D eigenvalue weighted by Gasteiger charge is 2.24. The van der Waals surface area contributed by atoms with Gasteiger partial charge in [0, 0.05) is 0 Å². The van der Waals surface area contributed by atoms with Gasteiger partial charge in [0.2, 0.25) is 0 Å². The van der Waals surface area contributed by atoms with E-state index in [1.54, 1.807) is 18.2 Å². The van der Waals surface area contributed by atoms with Crippen LogP contribution in [0.15, 0.2) is 75.0 Å². The van der Waals surface area contributed by atoms with Crippen molar-refractivity contribution in [2.24, 2.45) is 4.99 Å². The Labute approximate surface area is 221 Å². The Kier molecular flexibility index (Phi) is 7.83. The zero-order valence-electron chi connectivity index (χ0n) is 16.2. The molecule has 1 fully saturated rings. The Balaban J connectivity index is 1.52. The first-order valence-corrected chi connectivity index (χ1v) is 12.7. The van der Waals surface area contributed by atoms with Crippen molar-refractivity contribution in [3.8, 4) is 5.75 Å². The summed E-state index contributed by atoms with van der Waals surface area (Å²) in [6.45, 7) is 0.472. The van der Waals surface area contributed by atoms with E-state index in [-0.39, 0.29) is 5.91 Å². The molecule has 1 saturated heterocycles. The number of aliphatic imine (C=N–C) groups is 1. The van der Waals surface area contributed by atoms with E-state index in [1.807, 2.05) is 48.5 Å². The van der Waals surface area contributed by atoms with Crippen molar-refractivity contribution in [1.82, 2.24) is 5.32 Å². The van der Waals surface area contributed by atoms with Gasteiger partial charge < -0.3 is 10.1 Å². The van der Waals surface area contributed by atoms with Crippen LogP contribution in [0.25, 0.3) is 6.08 Å². The van der Waals surface area contributed by atoms with Gasteiger partial charge in [-0.05, 0) is 91.8 Å². The van der Waals surface area contributed by atoms with Crippen molar-refractivity contribution in [2.45, 2.75) is 6.61 Å². The van der Waals surface area contributed by atoms with Gasteiger partial charge in [0.1, 0.15) is 12.4 Å². The number of benzene rings is 3. The maximum Gasteiger partial charge on any atom is 0.264 e. The van der Waals surface area contributed by atoms with Crippen LogP contribution >= 0.6 is 73.5 Å². The monoisotopic (exact) mass is 658 g/mol. The van der Waals surface area contributed by atoms with Crippen LogP contribution in [0.3, 0.4) is 0 Å². The molecule has 32 heavy (non-hydrogen) atoms. The molecule has 0 aliphatic carbocycles. The lowest BCUT2D eigenvalue weighted by atomic mass is 10.2. The lowest BCUT2D eigenvalue weighted by molar-refractivity contribution is -0.115. The van der Waals surface area contributed by atoms with Crippen molar-refractivity contribution < 1.29 is 9.53 Å². The highest BCUT2D eigenvalue weighted by molar-refractivity contribution is 14.1. The fourth-order valence-electron chi connectivity index (χ4n) is 2.85. The molecule has 3 aromatic rings. The maximum atomic E-state index is 12.4. The average Bonchev–Trinajstić information content (AvgIpc) is 3.10. The summed E-state index contributed by atoms with van der Waals surface area (Å²) in [7, 11) is 0. The fourth-order valence-corrected chi connectivity index (χ4v) is 5.79. The van der Waals surface area contributed by atoms with Gasteiger partial charge in [-0.3, -0.25) is 4.79 Å². The van der Waals surface area contributed by atoms with Crippen LogP contribution in [0, 0.1) is 3.57 Å². The zero-order chi connectivity index (χ0) is 22.7. The zero-order valence-corrected chi connectivity index (χ0v) is 22.3. The maximum absolute atomic E-state index is 12.4. The fraction of sp³-hybridized carbons (Fsp3) is 0.0435. The molecule has 4 rings (SSSR count). The predicted molar refractivity (Wildman–Crippen MR) is 145 cm³/mol. The molecule has 0 radical (unpaired) electrons. The molecule has 4 nitrogen and oxygen atoms in total. The minimum atomic E-state index is -0.220. The summed E-state index contributed by atoms with van der Waals surface area (Å²) < 4.78 is 7.75. The smallest absolute Gasteiger partial charge is 0.264 e. The summed E-state index contributed by atoms with van der Waals surface area (Å²) in [5, 5.41) is 3.97. The number of hydrogen-bond donors (Lipinski definition) is 1. The van der Waals surface area contributed by atoms with E-state index in [0.29, 0.717) is 32.4 Å². The topological polar surface area (TPSA) is 50.7 Å². The van der Waals surface area contributed by atoms with E-state index >= 15 is 0 Å². The molecule has 3 aromatic carbocycles. The summed E-state index contributed by atoms with van der Waals surface area (Å²) in [5.74, 6) is 0.542. The van der Waals surface area contributed by atoms with Crippen LogP contribution in [-0.2, 0) is 11.4 Å². The first-order valence-electron chi connectivity index (χ1n) is 9.30. The molecular weight excluding hydrogens is 646 g/mol. The third-order valence-electron chi connectivity index (χ3n) is 4.35. The Morgan fingerprint density at radius 1 is 1.12 bits per heavy atom. The third kappa shape index (κ3) is 5.69. The second-order valence-corrected chi connectivity index (χ2v) is 10.5. The molecule has 0 atom stereocenters. The van der Waals surface area contributed by atoms with E-state index in [2.05, 4.69) is 48.8 Å². The molecule has 0 unspecified atom stereocenters. The van der Waals surface area contributed by atoms with Gasteiger partial charge in [-0.1, -0.05) is 59.6 Å². The predicted octanol–water partition coefficient (Wildman–Crippen LogP) is 7.83. The van der Waals surface area contributed by atoms with Crippen LogP contribution in [0.4, 0.5) is 5.69 Å². The number of nitrogens with one attached hydrogen (secondary N) is 1. The van der Waals surface area contributed by atoms with Crippen molar-refractivity contribution in [3.05, 3.63) is 94.8 Å². The van der Waals surface area contributed by atoms with Crippen molar-refractivity contribution in [2.75, 3.05) is 0 Å². The second-order valence-electron chi connectivity index (χ2n) is 6.64. The molecule has 1 N–H and O–H groups in total. The van der Waals surface area contributed by atoms with E-state index in [4.69, 9.17) is 27.9 Å². The normalized spacial score (nSPS) is 15.9. The van der Waals surface area contributed by atoms with E-state index in [0.717, 1.165) is 24.9 Å². The molecular formula is C23H14BrCl2IN2O2S. The molecule has 9 heteroatoms. The van der Waals surface area contributed by atoms with Gasteiger partial charge >= 0.3 is 0 Å². The number of carbonyl (C=O) groups is 1. The number of hydrogen-bond acceptors (Lipinski definition) is 4. The summed E-state index contributed by atoms with van der Waals surface area (Å²) in [5.41, 5.74) is 2.46. The van der Waals surface area contributed by atoms with Crippen LogP contribution in [0.1, 0.15) is 11.1 Å². The Hall–Kier alpha value is -1.52. The van der Waals surface area contributed by atoms with Gasteiger partial charge in [0.05, 0.1) is 28.7 Å². The van der Waals surface area contributed by atoms with E-state index in [9.17, 15) is 4.79 Å². The molecule has 0 saturated carbocycles. The standard InChI is InChI=1S/C23H14BrCl2IN2O2S/c24-15-9-14(10-17(27)21(15)31-12-13-5-2-1-3-6-13)11-19-22(30)29-23(32-19)28-18-8-4-7-16(25)20(18)26/h1-11H,12H2,(H,28,29,30)/b19-11-. The first-order chi connectivity index (χ1) is 15.4. The lowest BCUT2D eigenvalue weighted by Crippen LogP contribution is -2.19. The highest BCUT2D eigenvalue weighted by atomic mass is 127. The minimum absolute atomic E-state index is 0.220. The summed E-state index contributed by atoms with van der Waals surface area (Å²) in [4.78, 5) is 17.4. The first kappa shape index (κ1) is 23.6. The van der Waals surface area contributed by atoms with Crippen molar-refractivity contribution >= 4 is 96.3 Å². The Bertz CT molecular complexity index is 1230. The summed E-state index contributed by atoms with van der Waals surface area (Å²) >= 11 is 19.3.